The summed E-state index contributed by atoms with van der Waals surface area (Å²) in [5.41, 5.74) is 0.445. The highest BCUT2D eigenvalue weighted by atomic mass is 16.2. The molecule has 0 aromatic carbocycles. The molecule has 7 heteroatoms. The molecule has 0 saturated carbocycles. The standard InChI is InChI=1S/C15H22N6O/c1-11-17-18-13-12(16-5-6-21(11)13)19-7-9-20(10-8-19)14(22)15(2,3)4/h5-6H,7-10H2,1-4H3. The zero-order valence-electron chi connectivity index (χ0n) is 13.6. The Morgan fingerprint density at radius 1 is 1.14 bits per heavy atom. The monoisotopic (exact) mass is 302 g/mol. The number of aryl methyl sites for hydroxylation is 1. The Kier molecular flexibility index (Phi) is 3.50. The maximum atomic E-state index is 12.3. The number of nitrogens with zero attached hydrogens (tertiary/aromatic N) is 6. The van der Waals surface area contributed by atoms with Crippen LogP contribution in [-0.4, -0.2) is 56.6 Å². The normalized spacial score (nSPS) is 16.4. The van der Waals surface area contributed by atoms with Crippen molar-refractivity contribution in [3.05, 3.63) is 18.2 Å². The summed E-state index contributed by atoms with van der Waals surface area (Å²) in [5, 5.41) is 8.32. The molecule has 3 rings (SSSR count). The predicted octanol–water partition coefficient (Wildman–Crippen LogP) is 1.13. The highest BCUT2D eigenvalue weighted by Gasteiger charge is 2.30. The van der Waals surface area contributed by atoms with Gasteiger partial charge in [0.1, 0.15) is 5.82 Å². The maximum Gasteiger partial charge on any atom is 0.228 e. The van der Waals surface area contributed by atoms with Gasteiger partial charge in [-0.05, 0) is 6.92 Å². The number of rotatable bonds is 1. The molecule has 0 radical (unpaired) electrons. The minimum atomic E-state index is -0.329. The Hall–Kier alpha value is -2.18. The van der Waals surface area contributed by atoms with Gasteiger partial charge in [0.25, 0.3) is 0 Å². The van der Waals surface area contributed by atoms with Crippen LogP contribution < -0.4 is 4.90 Å². The second-order valence-corrected chi connectivity index (χ2v) is 6.72. The predicted molar refractivity (Wildman–Crippen MR) is 83.8 cm³/mol. The summed E-state index contributed by atoms with van der Waals surface area (Å²) in [5.74, 6) is 1.89. The molecule has 1 aliphatic rings. The summed E-state index contributed by atoms with van der Waals surface area (Å²) < 4.78 is 1.94. The van der Waals surface area contributed by atoms with Gasteiger partial charge in [-0.25, -0.2) is 4.98 Å². The van der Waals surface area contributed by atoms with Crippen molar-refractivity contribution in [3.63, 3.8) is 0 Å². The lowest BCUT2D eigenvalue weighted by atomic mass is 9.94. The molecule has 2 aromatic rings. The van der Waals surface area contributed by atoms with Gasteiger partial charge in [0.05, 0.1) is 0 Å². The van der Waals surface area contributed by atoms with Crippen LogP contribution >= 0.6 is 0 Å². The lowest BCUT2D eigenvalue weighted by Gasteiger charge is -2.38. The Morgan fingerprint density at radius 2 is 1.82 bits per heavy atom. The van der Waals surface area contributed by atoms with Crippen LogP contribution in [0.2, 0.25) is 0 Å². The van der Waals surface area contributed by atoms with Crippen molar-refractivity contribution in [2.75, 3.05) is 31.1 Å². The minimum absolute atomic E-state index is 0.205. The van der Waals surface area contributed by atoms with E-state index in [0.717, 1.165) is 30.4 Å². The smallest absolute Gasteiger partial charge is 0.228 e. The van der Waals surface area contributed by atoms with Crippen molar-refractivity contribution >= 4 is 17.4 Å². The number of fused-ring (bicyclic) bond motifs is 1. The summed E-state index contributed by atoms with van der Waals surface area (Å²) in [4.78, 5) is 20.9. The number of carbonyl (C=O) groups excluding carboxylic acids is 1. The van der Waals surface area contributed by atoms with Crippen molar-refractivity contribution in [3.8, 4) is 0 Å². The summed E-state index contributed by atoms with van der Waals surface area (Å²) >= 11 is 0. The number of aromatic nitrogens is 4. The van der Waals surface area contributed by atoms with Crippen LogP contribution in [0.4, 0.5) is 5.82 Å². The fourth-order valence-electron chi connectivity index (χ4n) is 2.75. The Bertz CT molecular complexity index is 694. The molecule has 118 valence electrons. The van der Waals surface area contributed by atoms with E-state index in [1.54, 1.807) is 6.20 Å². The average molecular weight is 302 g/mol. The fraction of sp³-hybridized carbons (Fsp3) is 0.600. The number of anilines is 1. The molecule has 0 unspecified atom stereocenters. The second kappa shape index (κ2) is 5.23. The third-order valence-corrected chi connectivity index (χ3v) is 3.99. The number of piperazine rings is 1. The highest BCUT2D eigenvalue weighted by molar-refractivity contribution is 5.81. The fourth-order valence-corrected chi connectivity index (χ4v) is 2.75. The first-order valence-corrected chi connectivity index (χ1v) is 7.58. The molecule has 0 atom stereocenters. The number of amides is 1. The van der Waals surface area contributed by atoms with E-state index in [1.165, 1.54) is 0 Å². The zero-order chi connectivity index (χ0) is 15.9. The summed E-state index contributed by atoms with van der Waals surface area (Å²) in [6, 6.07) is 0. The second-order valence-electron chi connectivity index (χ2n) is 6.72. The lowest BCUT2D eigenvalue weighted by molar-refractivity contribution is -0.139. The third-order valence-electron chi connectivity index (χ3n) is 3.99. The van der Waals surface area contributed by atoms with Gasteiger partial charge in [-0.2, -0.15) is 0 Å². The summed E-state index contributed by atoms with van der Waals surface area (Å²) in [7, 11) is 0. The molecule has 22 heavy (non-hydrogen) atoms. The van der Waals surface area contributed by atoms with E-state index in [0.29, 0.717) is 13.1 Å². The van der Waals surface area contributed by atoms with E-state index in [4.69, 9.17) is 0 Å². The van der Waals surface area contributed by atoms with Crippen molar-refractivity contribution in [2.45, 2.75) is 27.7 Å². The van der Waals surface area contributed by atoms with E-state index in [9.17, 15) is 4.79 Å². The number of hydrogen-bond acceptors (Lipinski definition) is 5. The van der Waals surface area contributed by atoms with Crippen molar-refractivity contribution in [1.29, 1.82) is 0 Å². The van der Waals surface area contributed by atoms with E-state index in [1.807, 2.05) is 43.2 Å². The van der Waals surface area contributed by atoms with Crippen LogP contribution in [0.5, 0.6) is 0 Å². The molecule has 1 amide bonds. The first-order valence-electron chi connectivity index (χ1n) is 7.58. The lowest BCUT2D eigenvalue weighted by Crippen LogP contribution is -2.52. The van der Waals surface area contributed by atoms with Gasteiger partial charge in [-0.15, -0.1) is 10.2 Å². The molecular formula is C15H22N6O. The molecule has 7 nitrogen and oxygen atoms in total. The van der Waals surface area contributed by atoms with Gasteiger partial charge in [0.15, 0.2) is 5.82 Å². The van der Waals surface area contributed by atoms with E-state index < -0.39 is 0 Å². The Morgan fingerprint density at radius 3 is 2.45 bits per heavy atom. The van der Waals surface area contributed by atoms with Crippen LogP contribution in [-0.2, 0) is 4.79 Å². The largest absolute Gasteiger partial charge is 0.350 e. The molecule has 1 aliphatic heterocycles. The van der Waals surface area contributed by atoms with Crippen molar-refractivity contribution in [1.82, 2.24) is 24.5 Å². The van der Waals surface area contributed by atoms with E-state index in [2.05, 4.69) is 20.1 Å². The van der Waals surface area contributed by atoms with Gasteiger partial charge in [-0.3, -0.25) is 9.20 Å². The van der Waals surface area contributed by atoms with Gasteiger partial charge in [0.2, 0.25) is 11.6 Å². The molecule has 0 N–H and O–H groups in total. The molecule has 1 saturated heterocycles. The third kappa shape index (κ3) is 2.51. The van der Waals surface area contributed by atoms with Crippen LogP contribution in [0.1, 0.15) is 26.6 Å². The molecule has 3 heterocycles. The van der Waals surface area contributed by atoms with Gasteiger partial charge >= 0.3 is 0 Å². The SMILES string of the molecule is Cc1nnc2c(N3CCN(C(=O)C(C)(C)C)CC3)nccn12. The van der Waals surface area contributed by atoms with Gasteiger partial charge in [0, 0.05) is 44.0 Å². The quantitative estimate of drug-likeness (QED) is 0.790. The summed E-state index contributed by atoms with van der Waals surface area (Å²) in [6.45, 7) is 10.8. The molecule has 1 fully saturated rings. The van der Waals surface area contributed by atoms with Crippen LogP contribution in [0.15, 0.2) is 12.4 Å². The molecule has 0 aliphatic carbocycles. The Balaban J connectivity index is 1.77. The molecule has 2 aromatic heterocycles. The minimum Gasteiger partial charge on any atom is -0.350 e. The molecular weight excluding hydrogens is 280 g/mol. The first-order chi connectivity index (χ1) is 10.4. The topological polar surface area (TPSA) is 66.6 Å². The van der Waals surface area contributed by atoms with Crippen molar-refractivity contribution < 1.29 is 4.79 Å². The average Bonchev–Trinajstić information content (AvgIpc) is 2.87. The van der Waals surface area contributed by atoms with E-state index >= 15 is 0 Å². The van der Waals surface area contributed by atoms with Gasteiger partial charge in [-0.1, -0.05) is 20.8 Å². The highest BCUT2D eigenvalue weighted by Crippen LogP contribution is 2.22. The van der Waals surface area contributed by atoms with Crippen LogP contribution in [0.3, 0.4) is 0 Å². The number of carbonyl (C=O) groups is 1. The van der Waals surface area contributed by atoms with Crippen LogP contribution in [0, 0.1) is 12.3 Å². The Labute approximate surface area is 130 Å². The number of hydrogen-bond donors (Lipinski definition) is 0. The van der Waals surface area contributed by atoms with E-state index in [-0.39, 0.29) is 11.3 Å². The molecule has 0 bridgehead atoms. The van der Waals surface area contributed by atoms with Gasteiger partial charge < -0.3 is 9.80 Å². The zero-order valence-corrected chi connectivity index (χ0v) is 13.6. The van der Waals surface area contributed by atoms with Crippen molar-refractivity contribution in [2.24, 2.45) is 5.41 Å². The maximum absolute atomic E-state index is 12.3. The first kappa shape index (κ1) is 14.7. The molecule has 0 spiro atoms. The van der Waals surface area contributed by atoms with Crippen LogP contribution in [0.25, 0.3) is 5.65 Å². The summed E-state index contributed by atoms with van der Waals surface area (Å²) in [6.07, 6.45) is 3.64.